The van der Waals surface area contributed by atoms with Crippen molar-refractivity contribution in [2.24, 2.45) is 0 Å². The summed E-state index contributed by atoms with van der Waals surface area (Å²) in [6, 6.07) is 9.30. The Hall–Kier alpha value is -3.28. The molecule has 0 aromatic heterocycles. The average Bonchev–Trinajstić information content (AvgIpc) is 2.76. The lowest BCUT2D eigenvalue weighted by molar-refractivity contribution is -0.131. The summed E-state index contributed by atoms with van der Waals surface area (Å²) in [7, 11) is 0. The van der Waals surface area contributed by atoms with Crippen molar-refractivity contribution in [2.45, 2.75) is 45.4 Å². The molecule has 0 atom stereocenters. The molecule has 1 heterocycles. The third kappa shape index (κ3) is 5.20. The lowest BCUT2D eigenvalue weighted by atomic mass is 9.90. The van der Waals surface area contributed by atoms with Gasteiger partial charge in [0.05, 0.1) is 0 Å². The highest BCUT2D eigenvalue weighted by Gasteiger charge is 2.32. The Bertz CT molecular complexity index is 941. The number of hydrogen-bond donors (Lipinski definition) is 1. The van der Waals surface area contributed by atoms with Crippen molar-refractivity contribution in [3.63, 3.8) is 0 Å². The number of aldehydes is 1. The Kier molecular flexibility index (Phi) is 8.47. The number of benzene rings is 2. The van der Waals surface area contributed by atoms with Gasteiger partial charge in [-0.1, -0.05) is 51.0 Å². The topological polar surface area (TPSA) is 91.8 Å². The summed E-state index contributed by atoms with van der Waals surface area (Å²) < 4.78 is 0. The molecule has 0 fully saturated rings. The van der Waals surface area contributed by atoms with Gasteiger partial charge in [0.15, 0.2) is 0 Å². The quantitative estimate of drug-likeness (QED) is 0.287. The molecule has 1 N–H and O–H groups in total. The predicted molar refractivity (Wildman–Crippen MR) is 116 cm³/mol. The second-order valence-corrected chi connectivity index (χ2v) is 7.07. The van der Waals surface area contributed by atoms with Gasteiger partial charge in [0.2, 0.25) is 0 Å². The number of hydrogen-bond acceptors (Lipinski definition) is 4. The van der Waals surface area contributed by atoms with E-state index in [1.54, 1.807) is 12.1 Å². The highest BCUT2D eigenvalue weighted by atomic mass is 16.4. The molecule has 0 aliphatic carbocycles. The summed E-state index contributed by atoms with van der Waals surface area (Å²) in [4.78, 5) is 47.0. The van der Waals surface area contributed by atoms with Crippen LogP contribution in [0.2, 0.25) is 0 Å². The van der Waals surface area contributed by atoms with Crippen molar-refractivity contribution in [1.82, 2.24) is 4.90 Å². The molecule has 0 spiro atoms. The van der Waals surface area contributed by atoms with Crippen molar-refractivity contribution >= 4 is 34.8 Å². The zero-order chi connectivity index (χ0) is 22.1. The summed E-state index contributed by atoms with van der Waals surface area (Å²) in [6.07, 6.45) is 6.88. The van der Waals surface area contributed by atoms with E-state index < -0.39 is 5.97 Å². The zero-order valence-corrected chi connectivity index (χ0v) is 17.2. The lowest BCUT2D eigenvalue weighted by Crippen LogP contribution is -2.40. The number of aryl methyl sites for hydroxylation is 1. The smallest absolute Gasteiger partial charge is 0.327 e. The fourth-order valence-corrected chi connectivity index (χ4v) is 3.54. The van der Waals surface area contributed by atoms with Gasteiger partial charge >= 0.3 is 5.97 Å². The molecular weight excluding hydrogens is 382 g/mol. The monoisotopic (exact) mass is 409 g/mol. The van der Waals surface area contributed by atoms with E-state index in [9.17, 15) is 19.2 Å². The van der Waals surface area contributed by atoms with E-state index >= 15 is 0 Å². The number of amides is 2. The maximum atomic E-state index is 12.9. The molecule has 30 heavy (non-hydrogen) atoms. The fraction of sp³-hybridized carbons (Fsp3) is 0.333. The normalized spacial score (nSPS) is 12.4. The minimum Gasteiger partial charge on any atom is -0.478 e. The highest BCUT2D eigenvalue weighted by Crippen LogP contribution is 2.32. The van der Waals surface area contributed by atoms with Gasteiger partial charge in [-0.15, -0.1) is 0 Å². The first kappa shape index (κ1) is 23.0. The van der Waals surface area contributed by atoms with Crippen LogP contribution in [0.4, 0.5) is 0 Å². The molecule has 0 saturated carbocycles. The van der Waals surface area contributed by atoms with Gasteiger partial charge in [-0.3, -0.25) is 14.5 Å². The van der Waals surface area contributed by atoms with E-state index in [2.05, 4.69) is 13.5 Å². The van der Waals surface area contributed by atoms with Crippen molar-refractivity contribution in [3.8, 4) is 0 Å². The number of rotatable bonds is 9. The first-order valence-electron chi connectivity index (χ1n) is 10.2. The molecule has 0 saturated heterocycles. The van der Waals surface area contributed by atoms with Gasteiger partial charge in [0.25, 0.3) is 11.8 Å². The predicted octanol–water partition coefficient (Wildman–Crippen LogP) is 4.40. The number of nitrogens with zero attached hydrogens (tertiary/aromatic N) is 1. The van der Waals surface area contributed by atoms with E-state index in [1.807, 2.05) is 18.2 Å². The number of imide groups is 1. The largest absolute Gasteiger partial charge is 0.478 e. The molecule has 0 unspecified atom stereocenters. The van der Waals surface area contributed by atoms with Gasteiger partial charge in [0, 0.05) is 35.6 Å². The van der Waals surface area contributed by atoms with E-state index in [0.717, 1.165) is 54.4 Å². The first-order valence-corrected chi connectivity index (χ1v) is 10.2. The molecule has 6 heteroatoms. The maximum Gasteiger partial charge on any atom is 0.327 e. The number of carboxylic acid groups (broad SMARTS) is 1. The summed E-state index contributed by atoms with van der Waals surface area (Å²) in [6.45, 7) is 5.57. The number of carbonyl (C=O) groups excluding carboxylic acids is 3. The molecule has 1 aliphatic rings. The van der Waals surface area contributed by atoms with E-state index in [-0.39, 0.29) is 11.8 Å². The minimum absolute atomic E-state index is 0.202. The van der Waals surface area contributed by atoms with Gasteiger partial charge in [-0.2, -0.15) is 0 Å². The van der Waals surface area contributed by atoms with E-state index in [0.29, 0.717) is 30.5 Å². The van der Waals surface area contributed by atoms with Crippen LogP contribution in [0.25, 0.3) is 10.8 Å². The van der Waals surface area contributed by atoms with Crippen molar-refractivity contribution in [3.05, 3.63) is 59.7 Å². The van der Waals surface area contributed by atoms with Crippen LogP contribution in [0, 0.1) is 0 Å². The number of unbranched alkanes of at least 4 members (excludes halogenated alkanes) is 3. The molecule has 158 valence electrons. The average molecular weight is 409 g/mol. The number of carbonyl (C=O) groups is 4. The van der Waals surface area contributed by atoms with Crippen molar-refractivity contribution in [2.75, 3.05) is 6.54 Å². The van der Waals surface area contributed by atoms with Crippen LogP contribution in [-0.2, 0) is 16.0 Å². The van der Waals surface area contributed by atoms with Crippen LogP contribution in [0.5, 0.6) is 0 Å². The molecular formula is C24H27NO5. The van der Waals surface area contributed by atoms with Gasteiger partial charge in [-0.05, 0) is 35.9 Å². The van der Waals surface area contributed by atoms with Crippen LogP contribution < -0.4 is 0 Å². The molecule has 0 radical (unpaired) electrons. The van der Waals surface area contributed by atoms with Gasteiger partial charge in [-0.25, -0.2) is 4.79 Å². The third-order valence-electron chi connectivity index (χ3n) is 5.02. The van der Waals surface area contributed by atoms with Crippen molar-refractivity contribution in [1.29, 1.82) is 0 Å². The molecule has 2 aromatic carbocycles. The van der Waals surface area contributed by atoms with Gasteiger partial charge in [0.1, 0.15) is 6.29 Å². The summed E-state index contributed by atoms with van der Waals surface area (Å²) >= 11 is 0. The second kappa shape index (κ2) is 11.0. The first-order chi connectivity index (χ1) is 14.5. The second-order valence-electron chi connectivity index (χ2n) is 7.07. The summed E-state index contributed by atoms with van der Waals surface area (Å²) in [5.41, 5.74) is 2.19. The molecule has 0 bridgehead atoms. The Morgan fingerprint density at radius 1 is 1.07 bits per heavy atom. The van der Waals surface area contributed by atoms with Crippen LogP contribution >= 0.6 is 0 Å². The maximum absolute atomic E-state index is 12.9. The SMILES string of the molecule is C=CC(=O)O.CCCCCCN1C(=O)c2cccc3c(CCC=O)ccc(c23)C1=O. The van der Waals surface area contributed by atoms with E-state index in [4.69, 9.17) is 5.11 Å². The summed E-state index contributed by atoms with van der Waals surface area (Å²) in [5.74, 6) is -1.38. The minimum atomic E-state index is -0.981. The fourth-order valence-electron chi connectivity index (χ4n) is 3.54. The van der Waals surface area contributed by atoms with Crippen LogP contribution in [0.1, 0.15) is 65.3 Å². The number of carboxylic acids is 1. The van der Waals surface area contributed by atoms with Crippen molar-refractivity contribution < 1.29 is 24.3 Å². The third-order valence-corrected chi connectivity index (χ3v) is 5.02. The molecule has 2 aromatic rings. The Morgan fingerprint density at radius 2 is 1.73 bits per heavy atom. The molecule has 6 nitrogen and oxygen atoms in total. The lowest BCUT2D eigenvalue weighted by Gasteiger charge is -2.27. The van der Waals surface area contributed by atoms with E-state index in [1.165, 1.54) is 4.90 Å². The molecule has 1 aliphatic heterocycles. The Labute approximate surface area is 176 Å². The zero-order valence-electron chi connectivity index (χ0n) is 17.2. The Morgan fingerprint density at radius 3 is 2.33 bits per heavy atom. The standard InChI is InChI=1S/C21H23NO3.C3H4O2/c1-2-3-4-5-13-22-20(24)17-10-6-9-16-15(8-7-14-23)11-12-18(19(16)17)21(22)25;1-2-3(4)5/h6,9-12,14H,2-5,7-8,13H2,1H3;2H,1H2,(H,4,5). The molecule has 2 amide bonds. The van der Waals surface area contributed by atoms with Gasteiger partial charge < -0.3 is 9.90 Å². The van der Waals surface area contributed by atoms with Crippen LogP contribution in [-0.4, -0.2) is 40.6 Å². The molecule has 3 rings (SSSR count). The Balaban J connectivity index is 0.000000575. The number of aliphatic carboxylic acids is 1. The van der Waals surface area contributed by atoms with Crippen LogP contribution in [0.3, 0.4) is 0 Å². The highest BCUT2D eigenvalue weighted by molar-refractivity contribution is 6.25. The van der Waals surface area contributed by atoms with Crippen LogP contribution in [0.15, 0.2) is 43.0 Å². The summed E-state index contributed by atoms with van der Waals surface area (Å²) in [5, 5.41) is 9.25.